The predicted octanol–water partition coefficient (Wildman–Crippen LogP) is 0.952. The standard InChI is InChI=1S/C12H17ClN2O/c1-15(2)10-5-3-9(4-6-10)12-14-8-11(7-13)16-12/h3-6,11-12,14H,7-8H2,1-2H3/p+1/t11-,12+/m1/s1. The molecular formula is C12H18ClN2O+. The summed E-state index contributed by atoms with van der Waals surface area (Å²) < 4.78 is 5.80. The summed E-state index contributed by atoms with van der Waals surface area (Å²) in [5.41, 5.74) is 2.41. The number of hydrogen-bond acceptors (Lipinski definition) is 2. The number of anilines is 1. The summed E-state index contributed by atoms with van der Waals surface area (Å²) in [5.74, 6) is 0.572. The van der Waals surface area contributed by atoms with Crippen molar-refractivity contribution in [1.29, 1.82) is 0 Å². The molecule has 1 aliphatic heterocycles. The van der Waals surface area contributed by atoms with Crippen molar-refractivity contribution in [3.8, 4) is 0 Å². The van der Waals surface area contributed by atoms with Crippen LogP contribution >= 0.6 is 11.6 Å². The van der Waals surface area contributed by atoms with E-state index in [0.717, 1.165) is 6.54 Å². The van der Waals surface area contributed by atoms with E-state index in [1.165, 1.54) is 11.3 Å². The third-order valence-corrected chi connectivity index (χ3v) is 3.21. The van der Waals surface area contributed by atoms with E-state index in [9.17, 15) is 0 Å². The molecule has 3 nitrogen and oxygen atoms in total. The molecule has 0 bridgehead atoms. The highest BCUT2D eigenvalue weighted by molar-refractivity contribution is 6.18. The van der Waals surface area contributed by atoms with Gasteiger partial charge in [-0.25, -0.2) is 0 Å². The van der Waals surface area contributed by atoms with Crippen LogP contribution in [0.1, 0.15) is 11.8 Å². The van der Waals surface area contributed by atoms with Crippen LogP contribution in [0.25, 0.3) is 0 Å². The van der Waals surface area contributed by atoms with Gasteiger partial charge in [-0.2, -0.15) is 0 Å². The number of alkyl halides is 1. The molecule has 2 rings (SSSR count). The van der Waals surface area contributed by atoms with Crippen LogP contribution in [-0.2, 0) is 4.74 Å². The van der Waals surface area contributed by atoms with E-state index in [1.807, 2.05) is 14.1 Å². The van der Waals surface area contributed by atoms with Gasteiger partial charge in [0.25, 0.3) is 0 Å². The zero-order chi connectivity index (χ0) is 11.5. The fraction of sp³-hybridized carbons (Fsp3) is 0.500. The van der Waals surface area contributed by atoms with Gasteiger partial charge < -0.3 is 15.0 Å². The van der Waals surface area contributed by atoms with Gasteiger partial charge in [-0.15, -0.1) is 11.6 Å². The average molecular weight is 242 g/mol. The number of hydrogen-bond donors (Lipinski definition) is 1. The molecule has 0 aliphatic carbocycles. The second-order valence-electron chi connectivity index (χ2n) is 4.29. The minimum Gasteiger partial charge on any atom is -0.378 e. The molecule has 0 saturated carbocycles. The van der Waals surface area contributed by atoms with Crippen LogP contribution in [0.3, 0.4) is 0 Å². The topological polar surface area (TPSA) is 29.1 Å². The molecule has 88 valence electrons. The van der Waals surface area contributed by atoms with Gasteiger partial charge in [0, 0.05) is 25.3 Å². The van der Waals surface area contributed by atoms with Gasteiger partial charge >= 0.3 is 0 Å². The predicted molar refractivity (Wildman–Crippen MR) is 65.9 cm³/mol. The van der Waals surface area contributed by atoms with E-state index in [4.69, 9.17) is 16.3 Å². The van der Waals surface area contributed by atoms with Crippen molar-refractivity contribution >= 4 is 17.3 Å². The summed E-state index contributed by atoms with van der Waals surface area (Å²) in [6, 6.07) is 8.46. The Hall–Kier alpha value is -0.770. The zero-order valence-corrected chi connectivity index (χ0v) is 10.4. The van der Waals surface area contributed by atoms with Crippen molar-refractivity contribution in [2.45, 2.75) is 12.3 Å². The molecule has 4 heteroatoms. The molecule has 1 aliphatic rings. The van der Waals surface area contributed by atoms with E-state index >= 15 is 0 Å². The number of nitrogens with two attached hydrogens (primary N) is 1. The lowest BCUT2D eigenvalue weighted by atomic mass is 10.2. The van der Waals surface area contributed by atoms with Gasteiger partial charge in [-0.1, -0.05) is 0 Å². The molecular weight excluding hydrogens is 224 g/mol. The van der Waals surface area contributed by atoms with Gasteiger partial charge in [0.05, 0.1) is 5.88 Å². The molecule has 1 aromatic carbocycles. The molecule has 0 aromatic heterocycles. The van der Waals surface area contributed by atoms with Gasteiger partial charge in [0.1, 0.15) is 12.6 Å². The maximum Gasteiger partial charge on any atom is 0.217 e. The Bertz CT molecular complexity index is 339. The number of quaternary nitrogens is 1. The Morgan fingerprint density at radius 3 is 2.56 bits per heavy atom. The highest BCUT2D eigenvalue weighted by Gasteiger charge is 2.28. The molecule has 0 spiro atoms. The molecule has 2 atom stereocenters. The maximum absolute atomic E-state index is 5.80. The number of benzene rings is 1. The summed E-state index contributed by atoms with van der Waals surface area (Å²) in [7, 11) is 4.08. The molecule has 0 amide bonds. The second kappa shape index (κ2) is 5.04. The fourth-order valence-corrected chi connectivity index (χ4v) is 2.07. The lowest BCUT2D eigenvalue weighted by molar-refractivity contribution is -0.697. The van der Waals surface area contributed by atoms with Crippen LogP contribution in [-0.4, -0.2) is 32.6 Å². The second-order valence-corrected chi connectivity index (χ2v) is 4.60. The molecule has 1 fully saturated rings. The molecule has 0 radical (unpaired) electrons. The Balaban J connectivity index is 2.05. The number of rotatable bonds is 3. The Kier molecular flexibility index (Phi) is 3.69. The van der Waals surface area contributed by atoms with Crippen molar-refractivity contribution in [3.05, 3.63) is 29.8 Å². The zero-order valence-electron chi connectivity index (χ0n) is 9.69. The van der Waals surface area contributed by atoms with Crippen LogP contribution < -0.4 is 10.2 Å². The number of halogens is 1. The summed E-state index contributed by atoms with van der Waals surface area (Å²) in [6.45, 7) is 0.948. The monoisotopic (exact) mass is 241 g/mol. The lowest BCUT2D eigenvalue weighted by Crippen LogP contribution is -2.82. The SMILES string of the molecule is CN(C)c1ccc([C@H]2[NH2+]C[C@@H](CCl)O2)cc1. The number of nitrogens with zero attached hydrogens (tertiary/aromatic N) is 1. The molecule has 1 saturated heterocycles. The van der Waals surface area contributed by atoms with Crippen LogP contribution in [0.5, 0.6) is 0 Å². The van der Waals surface area contributed by atoms with Crippen molar-refractivity contribution in [3.63, 3.8) is 0 Å². The van der Waals surface area contributed by atoms with Gasteiger partial charge in [-0.3, -0.25) is 0 Å². The first-order valence-corrected chi connectivity index (χ1v) is 6.06. The van der Waals surface area contributed by atoms with Crippen LogP contribution in [0.15, 0.2) is 24.3 Å². The molecule has 16 heavy (non-hydrogen) atoms. The van der Waals surface area contributed by atoms with E-state index in [1.54, 1.807) is 0 Å². The average Bonchev–Trinajstić information content (AvgIpc) is 2.77. The third kappa shape index (κ3) is 2.48. The van der Waals surface area contributed by atoms with Crippen molar-refractivity contribution in [2.75, 3.05) is 31.4 Å². The van der Waals surface area contributed by atoms with Gasteiger partial charge in [0.2, 0.25) is 6.23 Å². The van der Waals surface area contributed by atoms with Gasteiger partial charge in [0.15, 0.2) is 0 Å². The molecule has 2 N–H and O–H groups in total. The maximum atomic E-state index is 5.80. The summed E-state index contributed by atoms with van der Waals surface area (Å²) >= 11 is 5.78. The van der Waals surface area contributed by atoms with Crippen LogP contribution in [0.2, 0.25) is 0 Å². The van der Waals surface area contributed by atoms with Crippen LogP contribution in [0.4, 0.5) is 5.69 Å². The molecule has 1 aromatic rings. The minimum absolute atomic E-state index is 0.111. The first-order valence-electron chi connectivity index (χ1n) is 5.52. The molecule has 1 heterocycles. The van der Waals surface area contributed by atoms with Crippen molar-refractivity contribution in [2.24, 2.45) is 0 Å². The highest BCUT2D eigenvalue weighted by atomic mass is 35.5. The Morgan fingerprint density at radius 2 is 2.06 bits per heavy atom. The lowest BCUT2D eigenvalue weighted by Gasteiger charge is -2.14. The Labute approximate surface area is 101 Å². The minimum atomic E-state index is 0.111. The largest absolute Gasteiger partial charge is 0.378 e. The quantitative estimate of drug-likeness (QED) is 0.799. The Morgan fingerprint density at radius 1 is 1.38 bits per heavy atom. The highest BCUT2D eigenvalue weighted by Crippen LogP contribution is 2.19. The first kappa shape index (κ1) is 11.7. The van der Waals surface area contributed by atoms with E-state index < -0.39 is 0 Å². The van der Waals surface area contributed by atoms with Crippen LogP contribution in [0, 0.1) is 0 Å². The fourth-order valence-electron chi connectivity index (χ4n) is 1.87. The summed E-state index contributed by atoms with van der Waals surface area (Å²) in [4.78, 5) is 2.09. The van der Waals surface area contributed by atoms with E-state index in [0.29, 0.717) is 5.88 Å². The van der Waals surface area contributed by atoms with Crippen molar-refractivity contribution < 1.29 is 10.1 Å². The normalized spacial score (nSPS) is 24.7. The van der Waals surface area contributed by atoms with E-state index in [-0.39, 0.29) is 12.3 Å². The van der Waals surface area contributed by atoms with Crippen molar-refractivity contribution in [1.82, 2.24) is 0 Å². The van der Waals surface area contributed by atoms with Gasteiger partial charge in [-0.05, 0) is 24.3 Å². The third-order valence-electron chi connectivity index (χ3n) is 2.86. The number of ether oxygens (including phenoxy) is 1. The summed E-state index contributed by atoms with van der Waals surface area (Å²) in [5, 5.41) is 2.19. The first-order chi connectivity index (χ1) is 7.70. The molecule has 0 unspecified atom stereocenters. The van der Waals surface area contributed by atoms with E-state index in [2.05, 4.69) is 34.5 Å². The summed E-state index contributed by atoms with van der Waals surface area (Å²) in [6.07, 6.45) is 0.292. The smallest absolute Gasteiger partial charge is 0.217 e.